The van der Waals surface area contributed by atoms with E-state index in [-0.39, 0.29) is 12.1 Å². The maximum Gasteiger partial charge on any atom is 0.248 e. The highest BCUT2D eigenvalue weighted by Gasteiger charge is 2.43. The monoisotopic (exact) mass is 511 g/mol. The number of benzene rings is 4. The Bertz CT molecular complexity index is 1930. The summed E-state index contributed by atoms with van der Waals surface area (Å²) in [4.78, 5) is 2.55. The van der Waals surface area contributed by atoms with E-state index in [0.717, 1.165) is 6.42 Å². The highest BCUT2D eigenvalue weighted by molar-refractivity contribution is 7.01. The Morgan fingerprint density at radius 1 is 0.775 bits per heavy atom. The number of hydrogen-bond acceptors (Lipinski definition) is 1. The van der Waals surface area contributed by atoms with Gasteiger partial charge in [0.15, 0.2) is 0 Å². The van der Waals surface area contributed by atoms with Gasteiger partial charge in [0, 0.05) is 23.0 Å². The minimum Gasteiger partial charge on any atom is -0.311 e. The second-order valence-corrected chi connectivity index (χ2v) is 12.9. The third kappa shape index (κ3) is 2.89. The number of allylic oxidation sites excluding steroid dienone is 7. The first-order chi connectivity index (χ1) is 19.5. The van der Waals surface area contributed by atoms with E-state index in [1.54, 1.807) is 0 Å². The zero-order valence-corrected chi connectivity index (χ0v) is 23.2. The molecule has 5 aliphatic rings. The Balaban J connectivity index is 1.31. The average molecular weight is 511 g/mol. The van der Waals surface area contributed by atoms with Crippen LogP contribution in [0.5, 0.6) is 0 Å². The van der Waals surface area contributed by atoms with Crippen molar-refractivity contribution >= 4 is 46.2 Å². The van der Waals surface area contributed by atoms with E-state index in [1.807, 2.05) is 0 Å². The van der Waals surface area contributed by atoms with Crippen LogP contribution in [0.15, 0.2) is 114 Å². The minimum absolute atomic E-state index is 0.0856. The molecule has 0 bridgehead atoms. The van der Waals surface area contributed by atoms with E-state index >= 15 is 0 Å². The molecule has 1 unspecified atom stereocenters. The molecule has 0 saturated carbocycles. The van der Waals surface area contributed by atoms with Crippen LogP contribution in [0.2, 0.25) is 0 Å². The lowest BCUT2D eigenvalue weighted by Crippen LogP contribution is -2.55. The summed E-state index contributed by atoms with van der Waals surface area (Å²) in [5.41, 5.74) is 19.6. The van der Waals surface area contributed by atoms with E-state index < -0.39 is 0 Å². The van der Waals surface area contributed by atoms with Crippen molar-refractivity contribution < 1.29 is 0 Å². The summed E-state index contributed by atoms with van der Waals surface area (Å²) in [5.74, 6) is 0.380. The van der Waals surface area contributed by atoms with Crippen LogP contribution in [0.25, 0.3) is 17.2 Å². The van der Waals surface area contributed by atoms with Gasteiger partial charge in [-0.2, -0.15) is 0 Å². The van der Waals surface area contributed by atoms with Gasteiger partial charge < -0.3 is 4.90 Å². The van der Waals surface area contributed by atoms with Crippen LogP contribution >= 0.6 is 0 Å². The topological polar surface area (TPSA) is 3.24 Å². The second-order valence-electron chi connectivity index (χ2n) is 12.9. The fourth-order valence-corrected chi connectivity index (χ4v) is 7.87. The van der Waals surface area contributed by atoms with Crippen LogP contribution in [0, 0.1) is 0 Å². The molecule has 2 heterocycles. The normalized spacial score (nSPS) is 18.5. The molecule has 0 aromatic heterocycles. The van der Waals surface area contributed by atoms with Crippen LogP contribution in [0.1, 0.15) is 48.9 Å². The van der Waals surface area contributed by atoms with Crippen molar-refractivity contribution in [3.05, 3.63) is 137 Å². The molecule has 40 heavy (non-hydrogen) atoms. The largest absolute Gasteiger partial charge is 0.311 e. The molecule has 0 amide bonds. The minimum atomic E-state index is 0.0856. The Labute approximate surface area is 237 Å². The highest BCUT2D eigenvalue weighted by atomic mass is 15.2. The predicted octanol–water partition coefficient (Wildman–Crippen LogP) is 7.35. The molecule has 0 radical (unpaired) electrons. The van der Waals surface area contributed by atoms with Gasteiger partial charge in [0.05, 0.1) is 0 Å². The molecule has 0 spiro atoms. The maximum absolute atomic E-state index is 2.55. The molecule has 4 aromatic carbocycles. The van der Waals surface area contributed by atoms with Crippen molar-refractivity contribution in [2.75, 3.05) is 4.90 Å². The Kier molecular flexibility index (Phi) is 4.32. The van der Waals surface area contributed by atoms with Gasteiger partial charge in [-0.3, -0.25) is 0 Å². The SMILES string of the molecule is CC(C)(C)c1ccc2c(c1)B1c3ccccc3-c3cccc(c31)N2c1cc2c3c(c1)CC=C1C=CC=C(C=C2)C13. The molecule has 2 heteroatoms. The Morgan fingerprint density at radius 3 is 2.55 bits per heavy atom. The lowest BCUT2D eigenvalue weighted by molar-refractivity contribution is 0.591. The first kappa shape index (κ1) is 22.5. The van der Waals surface area contributed by atoms with Gasteiger partial charge in [-0.05, 0) is 91.6 Å². The summed E-state index contributed by atoms with van der Waals surface area (Å²) in [7, 11) is 0. The fourth-order valence-electron chi connectivity index (χ4n) is 7.87. The predicted molar refractivity (Wildman–Crippen MR) is 171 cm³/mol. The lowest BCUT2D eigenvalue weighted by Gasteiger charge is -2.39. The van der Waals surface area contributed by atoms with Crippen LogP contribution in [0.3, 0.4) is 0 Å². The van der Waals surface area contributed by atoms with Gasteiger partial charge in [-0.15, -0.1) is 0 Å². The van der Waals surface area contributed by atoms with Crippen molar-refractivity contribution in [3.63, 3.8) is 0 Å². The summed E-state index contributed by atoms with van der Waals surface area (Å²) in [5, 5.41) is 0. The first-order valence-electron chi connectivity index (χ1n) is 14.6. The molecule has 1 atom stereocenters. The average Bonchev–Trinajstić information content (AvgIpc) is 3.31. The summed E-state index contributed by atoms with van der Waals surface area (Å²) in [6.07, 6.45) is 14.9. The van der Waals surface area contributed by atoms with Crippen LogP contribution in [0.4, 0.5) is 17.1 Å². The third-order valence-electron chi connectivity index (χ3n) is 9.71. The number of nitrogens with zero attached hydrogens (tertiary/aromatic N) is 1. The molecule has 0 fully saturated rings. The molecule has 3 aliphatic carbocycles. The maximum atomic E-state index is 2.55. The van der Waals surface area contributed by atoms with Gasteiger partial charge in [0.25, 0.3) is 0 Å². The van der Waals surface area contributed by atoms with Gasteiger partial charge in [-0.1, -0.05) is 111 Å². The molecule has 2 aliphatic heterocycles. The van der Waals surface area contributed by atoms with Gasteiger partial charge >= 0.3 is 0 Å². The standard InChI is InChI=1S/C38H30BN/c1-38(2,3)27-18-19-33-32(22-27)39-31-12-5-4-10-29(31)30-11-7-13-34(37(30)39)40(33)28-20-25-16-14-23-8-6-9-24-15-17-26(21-28)36(25)35(23)24/h4-16,18-22,35H,17H2,1-3H3. The van der Waals surface area contributed by atoms with E-state index in [9.17, 15) is 0 Å². The zero-order valence-electron chi connectivity index (χ0n) is 23.2. The van der Waals surface area contributed by atoms with Crippen molar-refractivity contribution in [1.29, 1.82) is 0 Å². The highest BCUT2D eigenvalue weighted by Crippen LogP contribution is 2.49. The zero-order chi connectivity index (χ0) is 26.7. The van der Waals surface area contributed by atoms with Crippen molar-refractivity contribution in [2.45, 2.75) is 38.5 Å². The molecule has 0 saturated heterocycles. The molecular weight excluding hydrogens is 481 g/mol. The fraction of sp³-hybridized carbons (Fsp3) is 0.158. The van der Waals surface area contributed by atoms with Gasteiger partial charge in [0.1, 0.15) is 0 Å². The van der Waals surface area contributed by atoms with Gasteiger partial charge in [0.2, 0.25) is 6.71 Å². The van der Waals surface area contributed by atoms with Gasteiger partial charge in [-0.25, -0.2) is 0 Å². The smallest absolute Gasteiger partial charge is 0.248 e. The van der Waals surface area contributed by atoms with Crippen molar-refractivity contribution in [3.8, 4) is 11.1 Å². The molecular formula is C38H30BN. The van der Waals surface area contributed by atoms with Crippen LogP contribution in [-0.4, -0.2) is 6.71 Å². The summed E-state index contributed by atoms with van der Waals surface area (Å²) < 4.78 is 0. The summed E-state index contributed by atoms with van der Waals surface area (Å²) in [6.45, 7) is 7.23. The molecule has 190 valence electrons. The number of anilines is 3. The van der Waals surface area contributed by atoms with E-state index in [2.05, 4.69) is 135 Å². The third-order valence-corrected chi connectivity index (χ3v) is 9.71. The Morgan fingerprint density at radius 2 is 1.65 bits per heavy atom. The Hall–Kier alpha value is -4.30. The number of hydrogen-bond donors (Lipinski definition) is 0. The van der Waals surface area contributed by atoms with Crippen molar-refractivity contribution in [1.82, 2.24) is 0 Å². The first-order valence-corrected chi connectivity index (χ1v) is 14.6. The quantitative estimate of drug-likeness (QED) is 0.209. The summed E-state index contributed by atoms with van der Waals surface area (Å²) >= 11 is 0. The van der Waals surface area contributed by atoms with Crippen LogP contribution < -0.4 is 21.3 Å². The van der Waals surface area contributed by atoms with E-state index in [4.69, 9.17) is 0 Å². The molecule has 9 rings (SSSR count). The number of fused-ring (bicyclic) bond motifs is 5. The lowest BCUT2D eigenvalue weighted by atomic mass is 9.37. The second kappa shape index (κ2) is 7.67. The number of rotatable bonds is 1. The van der Waals surface area contributed by atoms with E-state index in [1.165, 1.54) is 78.0 Å². The molecule has 0 N–H and O–H groups in total. The molecule has 4 aromatic rings. The van der Waals surface area contributed by atoms with E-state index in [0.29, 0.717) is 5.92 Å². The van der Waals surface area contributed by atoms with Crippen LogP contribution in [-0.2, 0) is 11.8 Å². The summed E-state index contributed by atoms with van der Waals surface area (Å²) in [6, 6.07) is 28.1. The molecule has 1 nitrogen and oxygen atoms in total. The van der Waals surface area contributed by atoms with Crippen molar-refractivity contribution in [2.24, 2.45) is 0 Å².